The number of ether oxygens (including phenoxy) is 1. The Hall–Kier alpha value is -1.71. The van der Waals surface area contributed by atoms with Gasteiger partial charge in [-0.05, 0) is 17.2 Å². The summed E-state index contributed by atoms with van der Waals surface area (Å²) >= 11 is 4.95. The molecular formula is C15H15NOS. The SMILES string of the molecule is NC(=S)c1cccc(COCc2ccccc2)c1. The average molecular weight is 257 g/mol. The van der Waals surface area contributed by atoms with Crippen molar-refractivity contribution >= 4 is 17.2 Å². The number of rotatable bonds is 5. The molecule has 2 aromatic rings. The van der Waals surface area contributed by atoms with Crippen molar-refractivity contribution in [2.45, 2.75) is 13.2 Å². The maximum absolute atomic E-state index is 5.66. The molecule has 0 saturated heterocycles. The van der Waals surface area contributed by atoms with Crippen LogP contribution in [0.2, 0.25) is 0 Å². The Labute approximate surface area is 112 Å². The first-order valence-electron chi connectivity index (χ1n) is 5.76. The van der Waals surface area contributed by atoms with Crippen molar-refractivity contribution in [1.82, 2.24) is 0 Å². The van der Waals surface area contributed by atoms with Crippen LogP contribution < -0.4 is 5.73 Å². The quantitative estimate of drug-likeness (QED) is 0.836. The zero-order chi connectivity index (χ0) is 12.8. The molecule has 2 aromatic carbocycles. The molecule has 0 saturated carbocycles. The standard InChI is InChI=1S/C15H15NOS/c16-15(18)14-8-4-7-13(9-14)11-17-10-12-5-2-1-3-6-12/h1-9H,10-11H2,(H2,16,18). The third kappa shape index (κ3) is 3.65. The van der Waals surface area contributed by atoms with Crippen LogP contribution in [-0.2, 0) is 18.0 Å². The molecule has 0 bridgehead atoms. The van der Waals surface area contributed by atoms with Crippen molar-refractivity contribution in [3.05, 3.63) is 71.3 Å². The van der Waals surface area contributed by atoms with Crippen molar-refractivity contribution in [3.63, 3.8) is 0 Å². The summed E-state index contributed by atoms with van der Waals surface area (Å²) < 4.78 is 5.66. The second-order valence-electron chi connectivity index (χ2n) is 4.04. The van der Waals surface area contributed by atoms with Crippen LogP contribution in [0.4, 0.5) is 0 Å². The third-order valence-electron chi connectivity index (χ3n) is 2.59. The van der Waals surface area contributed by atoms with Crippen LogP contribution in [0.3, 0.4) is 0 Å². The van der Waals surface area contributed by atoms with E-state index in [1.54, 1.807) is 0 Å². The molecule has 0 aliphatic carbocycles. The zero-order valence-electron chi connectivity index (χ0n) is 10.0. The van der Waals surface area contributed by atoms with Crippen LogP contribution >= 0.6 is 12.2 Å². The Balaban J connectivity index is 1.90. The van der Waals surface area contributed by atoms with Crippen molar-refractivity contribution in [3.8, 4) is 0 Å². The molecule has 0 fully saturated rings. The van der Waals surface area contributed by atoms with Gasteiger partial charge in [-0.3, -0.25) is 0 Å². The van der Waals surface area contributed by atoms with Crippen LogP contribution in [0, 0.1) is 0 Å². The maximum Gasteiger partial charge on any atom is 0.103 e. The van der Waals surface area contributed by atoms with Gasteiger partial charge in [-0.25, -0.2) is 0 Å². The summed E-state index contributed by atoms with van der Waals surface area (Å²) in [6.07, 6.45) is 0. The summed E-state index contributed by atoms with van der Waals surface area (Å²) in [5.74, 6) is 0. The molecule has 0 spiro atoms. The number of nitrogens with two attached hydrogens (primary N) is 1. The molecule has 0 atom stereocenters. The molecular weight excluding hydrogens is 242 g/mol. The van der Waals surface area contributed by atoms with E-state index >= 15 is 0 Å². The summed E-state index contributed by atoms with van der Waals surface area (Å²) in [6.45, 7) is 1.17. The molecule has 0 heterocycles. The van der Waals surface area contributed by atoms with Crippen LogP contribution in [0.25, 0.3) is 0 Å². The van der Waals surface area contributed by atoms with Crippen LogP contribution in [-0.4, -0.2) is 4.99 Å². The smallest absolute Gasteiger partial charge is 0.103 e. The van der Waals surface area contributed by atoms with E-state index in [-0.39, 0.29) is 0 Å². The molecule has 2 N–H and O–H groups in total. The lowest BCUT2D eigenvalue weighted by molar-refractivity contribution is 0.107. The van der Waals surface area contributed by atoms with Gasteiger partial charge in [-0.2, -0.15) is 0 Å². The number of thiocarbonyl (C=S) groups is 1. The molecule has 2 rings (SSSR count). The van der Waals surface area contributed by atoms with Crippen molar-refractivity contribution in [2.75, 3.05) is 0 Å². The largest absolute Gasteiger partial charge is 0.389 e. The molecule has 0 amide bonds. The Morgan fingerprint density at radius 3 is 2.33 bits per heavy atom. The van der Waals surface area contributed by atoms with E-state index in [2.05, 4.69) is 0 Å². The van der Waals surface area contributed by atoms with Crippen LogP contribution in [0.15, 0.2) is 54.6 Å². The lowest BCUT2D eigenvalue weighted by Gasteiger charge is -2.06. The fourth-order valence-corrected chi connectivity index (χ4v) is 1.80. The van der Waals surface area contributed by atoms with Gasteiger partial charge in [-0.1, -0.05) is 60.7 Å². The van der Waals surface area contributed by atoms with Crippen molar-refractivity contribution in [1.29, 1.82) is 0 Å². The second-order valence-corrected chi connectivity index (χ2v) is 4.48. The van der Waals surface area contributed by atoms with Crippen LogP contribution in [0.5, 0.6) is 0 Å². The van der Waals surface area contributed by atoms with Gasteiger partial charge in [0, 0.05) is 5.56 Å². The van der Waals surface area contributed by atoms with E-state index in [1.807, 2.05) is 54.6 Å². The van der Waals surface area contributed by atoms with Gasteiger partial charge in [0.25, 0.3) is 0 Å². The lowest BCUT2D eigenvalue weighted by atomic mass is 10.1. The molecule has 0 radical (unpaired) electrons. The van der Waals surface area contributed by atoms with Crippen molar-refractivity contribution < 1.29 is 4.74 Å². The highest BCUT2D eigenvalue weighted by Gasteiger charge is 1.99. The summed E-state index contributed by atoms with van der Waals surface area (Å²) in [6, 6.07) is 17.9. The normalized spacial score (nSPS) is 10.2. The fourth-order valence-electron chi connectivity index (χ4n) is 1.68. The van der Waals surface area contributed by atoms with E-state index in [0.29, 0.717) is 18.2 Å². The van der Waals surface area contributed by atoms with Gasteiger partial charge in [0.05, 0.1) is 13.2 Å². The molecule has 18 heavy (non-hydrogen) atoms. The zero-order valence-corrected chi connectivity index (χ0v) is 10.8. The predicted octanol–water partition coefficient (Wildman–Crippen LogP) is 3.04. The minimum absolute atomic E-state index is 0.417. The summed E-state index contributed by atoms with van der Waals surface area (Å²) in [7, 11) is 0. The Morgan fingerprint density at radius 1 is 0.944 bits per heavy atom. The summed E-state index contributed by atoms with van der Waals surface area (Å²) in [5, 5.41) is 0. The first-order chi connectivity index (χ1) is 8.75. The predicted molar refractivity (Wildman–Crippen MR) is 77.3 cm³/mol. The third-order valence-corrected chi connectivity index (χ3v) is 2.83. The number of hydrogen-bond acceptors (Lipinski definition) is 2. The summed E-state index contributed by atoms with van der Waals surface area (Å²) in [5.41, 5.74) is 8.72. The minimum atomic E-state index is 0.417. The fraction of sp³-hybridized carbons (Fsp3) is 0.133. The van der Waals surface area contributed by atoms with Gasteiger partial charge in [0.1, 0.15) is 4.99 Å². The first-order valence-corrected chi connectivity index (χ1v) is 6.17. The monoisotopic (exact) mass is 257 g/mol. The van der Waals surface area contributed by atoms with Gasteiger partial charge < -0.3 is 10.5 Å². The molecule has 0 unspecified atom stereocenters. The highest BCUT2D eigenvalue weighted by atomic mass is 32.1. The molecule has 0 aliphatic rings. The molecule has 92 valence electrons. The molecule has 0 aromatic heterocycles. The Bertz CT molecular complexity index is 525. The first kappa shape index (κ1) is 12.7. The topological polar surface area (TPSA) is 35.2 Å². The average Bonchev–Trinajstić information content (AvgIpc) is 2.40. The Morgan fingerprint density at radius 2 is 1.61 bits per heavy atom. The van der Waals surface area contributed by atoms with E-state index in [1.165, 1.54) is 5.56 Å². The number of benzene rings is 2. The van der Waals surface area contributed by atoms with E-state index in [4.69, 9.17) is 22.7 Å². The van der Waals surface area contributed by atoms with Crippen molar-refractivity contribution in [2.24, 2.45) is 5.73 Å². The highest BCUT2D eigenvalue weighted by Crippen LogP contribution is 2.08. The Kier molecular flexibility index (Phi) is 4.45. The highest BCUT2D eigenvalue weighted by molar-refractivity contribution is 7.80. The summed E-state index contributed by atoms with van der Waals surface area (Å²) in [4.78, 5) is 0.417. The van der Waals surface area contributed by atoms with E-state index in [0.717, 1.165) is 11.1 Å². The minimum Gasteiger partial charge on any atom is -0.389 e. The van der Waals surface area contributed by atoms with Gasteiger partial charge in [0.2, 0.25) is 0 Å². The van der Waals surface area contributed by atoms with Gasteiger partial charge in [-0.15, -0.1) is 0 Å². The van der Waals surface area contributed by atoms with E-state index in [9.17, 15) is 0 Å². The number of hydrogen-bond donors (Lipinski definition) is 1. The van der Waals surface area contributed by atoms with E-state index < -0.39 is 0 Å². The van der Waals surface area contributed by atoms with Gasteiger partial charge >= 0.3 is 0 Å². The lowest BCUT2D eigenvalue weighted by Crippen LogP contribution is -2.09. The molecule has 0 aliphatic heterocycles. The molecule has 2 nitrogen and oxygen atoms in total. The van der Waals surface area contributed by atoms with Gasteiger partial charge in [0.15, 0.2) is 0 Å². The second kappa shape index (κ2) is 6.28. The molecule has 3 heteroatoms. The van der Waals surface area contributed by atoms with Crippen LogP contribution in [0.1, 0.15) is 16.7 Å². The maximum atomic E-state index is 5.66.